The van der Waals surface area contributed by atoms with Crippen molar-refractivity contribution in [1.82, 2.24) is 4.98 Å². The highest BCUT2D eigenvalue weighted by atomic mass is 79.9. The normalized spacial score (nSPS) is 12.4. The molecule has 1 N–H and O–H groups in total. The Bertz CT molecular complexity index is 485. The summed E-state index contributed by atoms with van der Waals surface area (Å²) in [6.07, 6.45) is 2.75. The molecular weight excluding hydrogens is 266 g/mol. The number of rotatable bonds is 2. The van der Waals surface area contributed by atoms with E-state index in [4.69, 9.17) is 0 Å². The number of hydrogen-bond acceptors (Lipinski definition) is 2. The SMILES string of the molecule is Cc1ccc(C(O)c2cccnc2)cc1Br. The van der Waals surface area contributed by atoms with Gasteiger partial charge in [0.15, 0.2) is 0 Å². The van der Waals surface area contributed by atoms with Crippen LogP contribution in [0.2, 0.25) is 0 Å². The van der Waals surface area contributed by atoms with E-state index in [1.165, 1.54) is 0 Å². The Morgan fingerprint density at radius 1 is 1.25 bits per heavy atom. The van der Waals surface area contributed by atoms with Crippen molar-refractivity contribution in [3.8, 4) is 0 Å². The molecule has 0 saturated carbocycles. The van der Waals surface area contributed by atoms with Crippen LogP contribution in [0.15, 0.2) is 47.2 Å². The zero-order valence-electron chi connectivity index (χ0n) is 8.89. The highest BCUT2D eigenvalue weighted by Gasteiger charge is 2.10. The molecule has 0 aliphatic carbocycles. The lowest BCUT2D eigenvalue weighted by Gasteiger charge is -2.12. The van der Waals surface area contributed by atoms with E-state index in [1.54, 1.807) is 12.4 Å². The fourth-order valence-electron chi connectivity index (χ4n) is 1.51. The van der Waals surface area contributed by atoms with Crippen molar-refractivity contribution in [3.05, 3.63) is 63.9 Å². The van der Waals surface area contributed by atoms with Gasteiger partial charge in [0, 0.05) is 22.4 Å². The standard InChI is InChI=1S/C13H12BrNO/c1-9-4-5-10(7-12(9)14)13(16)11-3-2-6-15-8-11/h2-8,13,16H,1H3. The molecule has 2 rings (SSSR count). The van der Waals surface area contributed by atoms with Crippen LogP contribution in [0.25, 0.3) is 0 Å². The molecule has 0 spiro atoms. The van der Waals surface area contributed by atoms with Gasteiger partial charge in [0.2, 0.25) is 0 Å². The number of halogens is 1. The Balaban J connectivity index is 2.34. The summed E-state index contributed by atoms with van der Waals surface area (Å²) in [7, 11) is 0. The Kier molecular flexibility index (Phi) is 3.36. The molecule has 0 amide bonds. The molecule has 0 aliphatic heterocycles. The quantitative estimate of drug-likeness (QED) is 0.914. The summed E-state index contributed by atoms with van der Waals surface area (Å²) < 4.78 is 1.01. The van der Waals surface area contributed by atoms with Crippen LogP contribution < -0.4 is 0 Å². The minimum atomic E-state index is -0.620. The minimum Gasteiger partial charge on any atom is -0.384 e. The van der Waals surface area contributed by atoms with Crippen LogP contribution in [0.3, 0.4) is 0 Å². The third-order valence-electron chi connectivity index (χ3n) is 2.51. The van der Waals surface area contributed by atoms with E-state index in [1.807, 2.05) is 37.3 Å². The van der Waals surface area contributed by atoms with Gasteiger partial charge in [-0.25, -0.2) is 0 Å². The second kappa shape index (κ2) is 4.76. The molecule has 0 fully saturated rings. The maximum Gasteiger partial charge on any atom is 0.106 e. The van der Waals surface area contributed by atoms with Crippen molar-refractivity contribution in [2.75, 3.05) is 0 Å². The number of aromatic nitrogens is 1. The monoisotopic (exact) mass is 277 g/mol. The number of aliphatic hydroxyl groups is 1. The summed E-state index contributed by atoms with van der Waals surface area (Å²) in [6, 6.07) is 9.54. The molecule has 0 bridgehead atoms. The van der Waals surface area contributed by atoms with Gasteiger partial charge < -0.3 is 5.11 Å². The highest BCUT2D eigenvalue weighted by Crippen LogP contribution is 2.25. The van der Waals surface area contributed by atoms with E-state index < -0.39 is 6.10 Å². The lowest BCUT2D eigenvalue weighted by molar-refractivity contribution is 0.220. The first-order valence-electron chi connectivity index (χ1n) is 5.02. The molecule has 0 aliphatic rings. The summed E-state index contributed by atoms with van der Waals surface area (Å²) in [6.45, 7) is 2.02. The zero-order chi connectivity index (χ0) is 11.5. The molecule has 0 saturated heterocycles. The molecule has 1 heterocycles. The van der Waals surface area contributed by atoms with Crippen LogP contribution >= 0.6 is 15.9 Å². The minimum absolute atomic E-state index is 0.620. The lowest BCUT2D eigenvalue weighted by Crippen LogP contribution is -2.00. The van der Waals surface area contributed by atoms with Crippen LogP contribution in [0.4, 0.5) is 0 Å². The number of benzene rings is 1. The van der Waals surface area contributed by atoms with Gasteiger partial charge in [0.1, 0.15) is 6.10 Å². The van der Waals surface area contributed by atoms with Gasteiger partial charge in [-0.1, -0.05) is 34.1 Å². The van der Waals surface area contributed by atoms with Crippen molar-refractivity contribution in [2.24, 2.45) is 0 Å². The Hall–Kier alpha value is -1.19. The van der Waals surface area contributed by atoms with Gasteiger partial charge in [-0.3, -0.25) is 4.98 Å². The van der Waals surface area contributed by atoms with Gasteiger partial charge in [0.25, 0.3) is 0 Å². The third-order valence-corrected chi connectivity index (χ3v) is 3.37. The van der Waals surface area contributed by atoms with Gasteiger partial charge in [-0.15, -0.1) is 0 Å². The van der Waals surface area contributed by atoms with Crippen molar-refractivity contribution in [1.29, 1.82) is 0 Å². The van der Waals surface area contributed by atoms with Crippen molar-refractivity contribution in [2.45, 2.75) is 13.0 Å². The molecule has 16 heavy (non-hydrogen) atoms. The molecule has 1 aromatic heterocycles. The zero-order valence-corrected chi connectivity index (χ0v) is 10.5. The smallest absolute Gasteiger partial charge is 0.106 e. The van der Waals surface area contributed by atoms with Crippen LogP contribution in [0, 0.1) is 6.92 Å². The summed E-state index contributed by atoms with van der Waals surface area (Å²) in [4.78, 5) is 4.00. The summed E-state index contributed by atoms with van der Waals surface area (Å²) in [5, 5.41) is 10.1. The van der Waals surface area contributed by atoms with Gasteiger partial charge in [-0.05, 0) is 30.2 Å². The average Bonchev–Trinajstić information content (AvgIpc) is 2.33. The first-order valence-corrected chi connectivity index (χ1v) is 5.82. The number of aliphatic hydroxyl groups excluding tert-OH is 1. The van der Waals surface area contributed by atoms with Crippen LogP contribution in [-0.4, -0.2) is 10.1 Å². The molecule has 0 radical (unpaired) electrons. The van der Waals surface area contributed by atoms with E-state index in [2.05, 4.69) is 20.9 Å². The third kappa shape index (κ3) is 2.31. The fraction of sp³-hybridized carbons (Fsp3) is 0.154. The van der Waals surface area contributed by atoms with Gasteiger partial charge in [-0.2, -0.15) is 0 Å². The second-order valence-corrected chi connectivity index (χ2v) is 4.55. The maximum atomic E-state index is 10.1. The van der Waals surface area contributed by atoms with Gasteiger partial charge >= 0.3 is 0 Å². The van der Waals surface area contributed by atoms with E-state index in [0.717, 1.165) is 21.2 Å². The lowest BCUT2D eigenvalue weighted by atomic mass is 10.0. The topological polar surface area (TPSA) is 33.1 Å². The van der Waals surface area contributed by atoms with E-state index in [9.17, 15) is 5.11 Å². The molecular formula is C13H12BrNO. The molecule has 2 aromatic rings. The van der Waals surface area contributed by atoms with Crippen molar-refractivity contribution < 1.29 is 5.11 Å². The van der Waals surface area contributed by atoms with E-state index in [0.29, 0.717) is 0 Å². The number of pyridine rings is 1. The number of hydrogen-bond donors (Lipinski definition) is 1. The maximum absolute atomic E-state index is 10.1. The molecule has 1 unspecified atom stereocenters. The molecule has 82 valence electrons. The van der Waals surface area contributed by atoms with Crippen LogP contribution in [0.1, 0.15) is 22.8 Å². The summed E-state index contributed by atoms with van der Waals surface area (Å²) in [5.74, 6) is 0. The van der Waals surface area contributed by atoms with Gasteiger partial charge in [0.05, 0.1) is 0 Å². The number of aryl methyl sites for hydroxylation is 1. The summed E-state index contributed by atoms with van der Waals surface area (Å²) >= 11 is 3.46. The van der Waals surface area contributed by atoms with Crippen LogP contribution in [-0.2, 0) is 0 Å². The second-order valence-electron chi connectivity index (χ2n) is 3.70. The predicted molar refractivity (Wildman–Crippen MR) is 67.2 cm³/mol. The fourth-order valence-corrected chi connectivity index (χ4v) is 1.91. The first kappa shape index (κ1) is 11.3. The molecule has 1 atom stereocenters. The van der Waals surface area contributed by atoms with E-state index >= 15 is 0 Å². The first-order chi connectivity index (χ1) is 7.68. The van der Waals surface area contributed by atoms with Crippen LogP contribution in [0.5, 0.6) is 0 Å². The largest absolute Gasteiger partial charge is 0.384 e. The molecule has 1 aromatic carbocycles. The molecule has 2 nitrogen and oxygen atoms in total. The van der Waals surface area contributed by atoms with E-state index in [-0.39, 0.29) is 0 Å². The predicted octanol–water partition coefficient (Wildman–Crippen LogP) is 3.23. The van der Waals surface area contributed by atoms with Crippen molar-refractivity contribution >= 4 is 15.9 Å². The Morgan fingerprint density at radius 2 is 2.06 bits per heavy atom. The average molecular weight is 278 g/mol. The summed E-state index contributed by atoms with van der Waals surface area (Å²) in [5.41, 5.74) is 2.82. The number of nitrogens with zero attached hydrogens (tertiary/aromatic N) is 1. The highest BCUT2D eigenvalue weighted by molar-refractivity contribution is 9.10. The van der Waals surface area contributed by atoms with Crippen molar-refractivity contribution in [3.63, 3.8) is 0 Å². The molecule has 3 heteroatoms. The Labute approximate surface area is 103 Å². The Morgan fingerprint density at radius 3 is 2.69 bits per heavy atom.